The molecule has 2 heterocycles. The van der Waals surface area contributed by atoms with Gasteiger partial charge in [-0.25, -0.2) is 9.07 Å². The molecule has 3 aromatic rings. The molecule has 0 saturated carbocycles. The van der Waals surface area contributed by atoms with Gasteiger partial charge in [-0.1, -0.05) is 37.3 Å². The molecule has 1 aliphatic heterocycles. The molecule has 0 spiro atoms. The summed E-state index contributed by atoms with van der Waals surface area (Å²) in [6.07, 6.45) is 0.927. The van der Waals surface area contributed by atoms with Gasteiger partial charge in [0.05, 0.1) is 11.8 Å². The second-order valence-electron chi connectivity index (χ2n) is 7.90. The van der Waals surface area contributed by atoms with E-state index in [4.69, 9.17) is 0 Å². The molecule has 32 heavy (non-hydrogen) atoms. The fourth-order valence-electron chi connectivity index (χ4n) is 3.95. The van der Waals surface area contributed by atoms with Gasteiger partial charge >= 0.3 is 0 Å². The average molecular weight is 436 g/mol. The Morgan fingerprint density at radius 1 is 0.938 bits per heavy atom. The number of hydrogen-bond acceptors (Lipinski definition) is 4. The molecule has 1 aromatic heterocycles. The Morgan fingerprint density at radius 2 is 1.56 bits per heavy atom. The van der Waals surface area contributed by atoms with Crippen molar-refractivity contribution in [3.63, 3.8) is 0 Å². The predicted molar refractivity (Wildman–Crippen MR) is 119 cm³/mol. The normalized spacial score (nSPS) is 14.1. The molecule has 0 radical (unpaired) electrons. The Labute approximate surface area is 185 Å². The lowest BCUT2D eigenvalue weighted by molar-refractivity contribution is -0.131. The number of halogens is 1. The first-order valence-electron chi connectivity index (χ1n) is 10.8. The van der Waals surface area contributed by atoms with E-state index in [1.54, 1.807) is 46.2 Å². The largest absolute Gasteiger partial charge is 0.339 e. The molecule has 1 aliphatic rings. The molecule has 0 aliphatic carbocycles. The molecule has 4 rings (SSSR count). The van der Waals surface area contributed by atoms with E-state index in [1.807, 2.05) is 6.92 Å². The van der Waals surface area contributed by atoms with Gasteiger partial charge < -0.3 is 9.80 Å². The van der Waals surface area contributed by atoms with Crippen molar-refractivity contribution in [1.82, 2.24) is 19.6 Å². The summed E-state index contributed by atoms with van der Waals surface area (Å²) in [5, 5.41) is 5.41. The molecular weight excluding hydrogens is 411 g/mol. The van der Waals surface area contributed by atoms with Crippen LogP contribution in [0.15, 0.2) is 53.3 Å². The van der Waals surface area contributed by atoms with Crippen molar-refractivity contribution in [2.75, 3.05) is 26.2 Å². The van der Waals surface area contributed by atoms with Gasteiger partial charge in [0.15, 0.2) is 5.69 Å². The van der Waals surface area contributed by atoms with Crippen molar-refractivity contribution in [2.24, 2.45) is 0 Å². The first-order valence-corrected chi connectivity index (χ1v) is 10.8. The van der Waals surface area contributed by atoms with E-state index < -0.39 is 0 Å². The zero-order valence-electron chi connectivity index (χ0n) is 18.0. The monoisotopic (exact) mass is 436 g/mol. The molecule has 7 nitrogen and oxygen atoms in total. The van der Waals surface area contributed by atoms with Crippen molar-refractivity contribution in [3.05, 3.63) is 76.0 Å². The number of piperazine rings is 1. The number of aryl methyl sites for hydroxylation is 1. The lowest BCUT2D eigenvalue weighted by Gasteiger charge is -2.34. The molecule has 1 fully saturated rings. The minimum absolute atomic E-state index is 0.0521. The Kier molecular flexibility index (Phi) is 6.30. The second-order valence-corrected chi connectivity index (χ2v) is 7.90. The summed E-state index contributed by atoms with van der Waals surface area (Å²) in [6, 6.07) is 12.9. The van der Waals surface area contributed by atoms with Crippen LogP contribution in [0, 0.1) is 5.82 Å². The number of carbonyl (C=O) groups excluding carboxylic acids is 2. The van der Waals surface area contributed by atoms with Crippen LogP contribution >= 0.6 is 0 Å². The SMILES string of the molecule is CCCn1nc(C(=O)N2CCN(C(=O)Cc3ccc(F)cc3)CC2)c2ccccc2c1=O. The molecule has 0 unspecified atom stereocenters. The molecule has 0 atom stereocenters. The molecule has 2 aromatic carbocycles. The highest BCUT2D eigenvalue weighted by Gasteiger charge is 2.27. The topological polar surface area (TPSA) is 75.5 Å². The van der Waals surface area contributed by atoms with Crippen LogP contribution in [0.2, 0.25) is 0 Å². The lowest BCUT2D eigenvalue weighted by atomic mass is 10.1. The highest BCUT2D eigenvalue weighted by atomic mass is 19.1. The average Bonchev–Trinajstić information content (AvgIpc) is 2.82. The number of nitrogens with zero attached hydrogens (tertiary/aromatic N) is 4. The molecule has 8 heteroatoms. The minimum atomic E-state index is -0.334. The summed E-state index contributed by atoms with van der Waals surface area (Å²) in [5.41, 5.74) is 0.818. The van der Waals surface area contributed by atoms with Crippen LogP contribution in [-0.2, 0) is 17.8 Å². The third-order valence-corrected chi connectivity index (χ3v) is 5.69. The molecular formula is C24H25FN4O3. The maximum atomic E-state index is 13.3. The summed E-state index contributed by atoms with van der Waals surface area (Å²) >= 11 is 0. The fraction of sp³-hybridized carbons (Fsp3) is 0.333. The van der Waals surface area contributed by atoms with Crippen LogP contribution in [0.5, 0.6) is 0 Å². The third-order valence-electron chi connectivity index (χ3n) is 5.69. The van der Waals surface area contributed by atoms with Gasteiger partial charge in [-0.05, 0) is 30.2 Å². The van der Waals surface area contributed by atoms with Crippen LogP contribution in [0.25, 0.3) is 10.8 Å². The lowest BCUT2D eigenvalue weighted by Crippen LogP contribution is -2.51. The van der Waals surface area contributed by atoms with E-state index in [0.717, 1.165) is 12.0 Å². The summed E-state index contributed by atoms with van der Waals surface area (Å²) in [6.45, 7) is 3.99. The van der Waals surface area contributed by atoms with Crippen molar-refractivity contribution < 1.29 is 14.0 Å². The van der Waals surface area contributed by atoms with Crippen LogP contribution < -0.4 is 5.56 Å². The van der Waals surface area contributed by atoms with Crippen molar-refractivity contribution >= 4 is 22.6 Å². The van der Waals surface area contributed by atoms with Crippen LogP contribution in [-0.4, -0.2) is 57.6 Å². The fourth-order valence-corrected chi connectivity index (χ4v) is 3.95. The standard InChI is InChI=1S/C24H25FN4O3/c1-2-11-29-23(31)20-6-4-3-5-19(20)22(26-29)24(32)28-14-12-27(13-15-28)21(30)16-17-7-9-18(25)10-8-17/h3-10H,2,11-16H2,1H3. The maximum absolute atomic E-state index is 13.3. The second kappa shape index (κ2) is 9.30. The molecule has 0 N–H and O–H groups in total. The number of hydrogen-bond donors (Lipinski definition) is 0. The predicted octanol–water partition coefficient (Wildman–Crippen LogP) is 2.47. The van der Waals surface area contributed by atoms with Gasteiger partial charge in [-0.15, -0.1) is 0 Å². The van der Waals surface area contributed by atoms with Gasteiger partial charge in [0.1, 0.15) is 5.82 Å². The van der Waals surface area contributed by atoms with E-state index in [1.165, 1.54) is 16.8 Å². The van der Waals surface area contributed by atoms with E-state index >= 15 is 0 Å². The number of benzene rings is 2. The molecule has 0 bridgehead atoms. The number of rotatable bonds is 5. The quantitative estimate of drug-likeness (QED) is 0.616. The van der Waals surface area contributed by atoms with Crippen LogP contribution in [0.4, 0.5) is 4.39 Å². The summed E-state index contributed by atoms with van der Waals surface area (Å²) < 4.78 is 14.4. The van der Waals surface area contributed by atoms with Gasteiger partial charge in [-0.2, -0.15) is 5.10 Å². The first-order chi connectivity index (χ1) is 15.5. The molecule has 1 saturated heterocycles. The number of aromatic nitrogens is 2. The maximum Gasteiger partial charge on any atom is 0.275 e. The highest BCUT2D eigenvalue weighted by Crippen LogP contribution is 2.17. The van der Waals surface area contributed by atoms with E-state index in [2.05, 4.69) is 5.10 Å². The Morgan fingerprint density at radius 3 is 2.22 bits per heavy atom. The Hall–Kier alpha value is -3.55. The third kappa shape index (κ3) is 4.39. The van der Waals surface area contributed by atoms with E-state index in [-0.39, 0.29) is 35.3 Å². The summed E-state index contributed by atoms with van der Waals surface area (Å²) in [4.78, 5) is 42.0. The number of carbonyl (C=O) groups is 2. The van der Waals surface area contributed by atoms with Gasteiger partial charge in [-0.3, -0.25) is 14.4 Å². The smallest absolute Gasteiger partial charge is 0.275 e. The minimum Gasteiger partial charge on any atom is -0.339 e. The zero-order chi connectivity index (χ0) is 22.7. The molecule has 166 valence electrons. The van der Waals surface area contributed by atoms with Crippen molar-refractivity contribution in [2.45, 2.75) is 26.3 Å². The van der Waals surface area contributed by atoms with Crippen LogP contribution in [0.1, 0.15) is 29.4 Å². The number of fused-ring (bicyclic) bond motifs is 1. The summed E-state index contributed by atoms with van der Waals surface area (Å²) in [5.74, 6) is -0.625. The van der Waals surface area contributed by atoms with Crippen LogP contribution in [0.3, 0.4) is 0 Å². The van der Waals surface area contributed by atoms with Gasteiger partial charge in [0.25, 0.3) is 11.5 Å². The molecule has 2 amide bonds. The zero-order valence-corrected chi connectivity index (χ0v) is 18.0. The van der Waals surface area contributed by atoms with Gasteiger partial charge in [0.2, 0.25) is 5.91 Å². The van der Waals surface area contributed by atoms with E-state index in [9.17, 15) is 18.8 Å². The Balaban J connectivity index is 1.48. The Bertz CT molecular complexity index is 1200. The van der Waals surface area contributed by atoms with Crippen molar-refractivity contribution in [3.8, 4) is 0 Å². The number of amides is 2. The summed E-state index contributed by atoms with van der Waals surface area (Å²) in [7, 11) is 0. The van der Waals surface area contributed by atoms with Gasteiger partial charge in [0, 0.05) is 38.1 Å². The van der Waals surface area contributed by atoms with E-state index in [0.29, 0.717) is 43.5 Å². The first kappa shape index (κ1) is 21.7. The highest BCUT2D eigenvalue weighted by molar-refractivity contribution is 6.04. The van der Waals surface area contributed by atoms with Crippen molar-refractivity contribution in [1.29, 1.82) is 0 Å².